The maximum atomic E-state index is 12.5. The van der Waals surface area contributed by atoms with E-state index < -0.39 is 22.0 Å². The molecule has 6 nitrogen and oxygen atoms in total. The first-order valence-electron chi connectivity index (χ1n) is 8.62. The minimum Gasteiger partial charge on any atom is -0.391 e. The summed E-state index contributed by atoms with van der Waals surface area (Å²) in [4.78, 5) is 12.2. The molecule has 0 spiro atoms. The number of anilines is 1. The van der Waals surface area contributed by atoms with E-state index in [1.165, 1.54) is 30.3 Å². The van der Waals surface area contributed by atoms with Gasteiger partial charge < -0.3 is 10.4 Å². The molecule has 1 atom stereocenters. The van der Waals surface area contributed by atoms with Crippen LogP contribution in [-0.4, -0.2) is 32.1 Å². The van der Waals surface area contributed by atoms with Crippen molar-refractivity contribution in [1.82, 2.24) is 5.32 Å². The molecule has 0 aliphatic rings. The molecule has 0 bridgehead atoms. The van der Waals surface area contributed by atoms with Crippen LogP contribution in [0, 0.1) is 5.92 Å². The number of carbonyl (C=O) groups excluding carboxylic acids is 1. The lowest BCUT2D eigenvalue weighted by Crippen LogP contribution is -2.32. The van der Waals surface area contributed by atoms with E-state index in [9.17, 15) is 18.3 Å². The lowest BCUT2D eigenvalue weighted by Gasteiger charge is -2.14. The third kappa shape index (κ3) is 6.38. The molecule has 0 radical (unpaired) electrons. The molecule has 0 saturated carbocycles. The zero-order valence-electron chi connectivity index (χ0n) is 15.4. The van der Waals surface area contributed by atoms with E-state index in [2.05, 4.69) is 10.0 Å². The van der Waals surface area contributed by atoms with Crippen LogP contribution in [0.15, 0.2) is 47.4 Å². The van der Waals surface area contributed by atoms with Crippen molar-refractivity contribution < 1.29 is 18.3 Å². The van der Waals surface area contributed by atoms with E-state index >= 15 is 0 Å². The van der Waals surface area contributed by atoms with E-state index in [1.807, 2.05) is 13.8 Å². The van der Waals surface area contributed by atoms with Crippen molar-refractivity contribution >= 4 is 44.8 Å². The van der Waals surface area contributed by atoms with Gasteiger partial charge in [0.05, 0.1) is 21.0 Å². The van der Waals surface area contributed by atoms with Crippen LogP contribution in [-0.2, 0) is 10.0 Å². The number of sulfonamides is 1. The van der Waals surface area contributed by atoms with Crippen LogP contribution in [0.2, 0.25) is 10.0 Å². The number of hydrogen-bond acceptors (Lipinski definition) is 4. The Morgan fingerprint density at radius 2 is 1.82 bits per heavy atom. The van der Waals surface area contributed by atoms with Crippen LogP contribution in [0.5, 0.6) is 0 Å². The number of aliphatic hydroxyl groups excluding tert-OH is 1. The first kappa shape index (κ1) is 22.5. The summed E-state index contributed by atoms with van der Waals surface area (Å²) < 4.78 is 27.4. The van der Waals surface area contributed by atoms with E-state index in [-0.39, 0.29) is 32.7 Å². The van der Waals surface area contributed by atoms with Gasteiger partial charge in [0.15, 0.2) is 0 Å². The average molecular weight is 445 g/mol. The van der Waals surface area contributed by atoms with Crippen molar-refractivity contribution in [2.24, 2.45) is 5.92 Å². The minimum atomic E-state index is -3.90. The van der Waals surface area contributed by atoms with Crippen molar-refractivity contribution in [1.29, 1.82) is 0 Å². The second-order valence-corrected chi connectivity index (χ2v) is 9.25. The molecule has 0 aliphatic heterocycles. The number of carbonyl (C=O) groups is 1. The number of aliphatic hydroxyl groups is 1. The van der Waals surface area contributed by atoms with Crippen molar-refractivity contribution in [2.45, 2.75) is 31.3 Å². The Hall–Kier alpha value is -1.80. The van der Waals surface area contributed by atoms with Gasteiger partial charge in [0.1, 0.15) is 0 Å². The van der Waals surface area contributed by atoms with Gasteiger partial charge in [-0.3, -0.25) is 9.52 Å². The van der Waals surface area contributed by atoms with E-state index in [0.717, 1.165) is 0 Å². The predicted octanol–water partition coefficient (Wildman–Crippen LogP) is 3.93. The van der Waals surface area contributed by atoms with Gasteiger partial charge in [-0.2, -0.15) is 0 Å². The smallest absolute Gasteiger partial charge is 0.261 e. The molecule has 1 amide bonds. The number of rotatable bonds is 8. The van der Waals surface area contributed by atoms with Crippen LogP contribution in [0.1, 0.15) is 30.6 Å². The highest BCUT2D eigenvalue weighted by Crippen LogP contribution is 2.26. The van der Waals surface area contributed by atoms with Crippen LogP contribution in [0.25, 0.3) is 0 Å². The van der Waals surface area contributed by atoms with Crippen LogP contribution in [0.3, 0.4) is 0 Å². The van der Waals surface area contributed by atoms with Crippen molar-refractivity contribution in [2.75, 3.05) is 11.3 Å². The largest absolute Gasteiger partial charge is 0.391 e. The fourth-order valence-electron chi connectivity index (χ4n) is 2.52. The van der Waals surface area contributed by atoms with Crippen LogP contribution in [0.4, 0.5) is 5.69 Å². The Morgan fingerprint density at radius 1 is 1.11 bits per heavy atom. The molecule has 0 saturated heterocycles. The number of benzene rings is 2. The van der Waals surface area contributed by atoms with Gasteiger partial charge in [0, 0.05) is 17.8 Å². The van der Waals surface area contributed by atoms with Gasteiger partial charge in [-0.25, -0.2) is 8.42 Å². The molecule has 152 valence electrons. The Kier molecular flexibility index (Phi) is 7.71. The van der Waals surface area contributed by atoms with E-state index in [0.29, 0.717) is 12.3 Å². The van der Waals surface area contributed by atoms with Gasteiger partial charge in [-0.15, -0.1) is 0 Å². The summed E-state index contributed by atoms with van der Waals surface area (Å²) in [6.07, 6.45) is -0.0654. The van der Waals surface area contributed by atoms with Gasteiger partial charge in [0.25, 0.3) is 15.9 Å². The van der Waals surface area contributed by atoms with E-state index in [1.54, 1.807) is 12.1 Å². The van der Waals surface area contributed by atoms with Gasteiger partial charge in [0.2, 0.25) is 0 Å². The van der Waals surface area contributed by atoms with Crippen molar-refractivity contribution in [3.63, 3.8) is 0 Å². The van der Waals surface area contributed by atoms with Crippen LogP contribution < -0.4 is 10.0 Å². The lowest BCUT2D eigenvalue weighted by molar-refractivity contribution is 0.0900. The minimum absolute atomic E-state index is 0.0476. The molecule has 0 fully saturated rings. The Bertz CT molecular complexity index is 949. The third-order valence-corrected chi connectivity index (χ3v) is 5.94. The molecule has 0 aromatic heterocycles. The number of hydrogen-bond donors (Lipinski definition) is 3. The highest BCUT2D eigenvalue weighted by molar-refractivity contribution is 7.92. The first-order valence-corrected chi connectivity index (χ1v) is 10.9. The molecular formula is C19H22Cl2N2O4S. The van der Waals surface area contributed by atoms with Crippen molar-refractivity contribution in [3.8, 4) is 0 Å². The lowest BCUT2D eigenvalue weighted by atomic mass is 10.1. The summed E-state index contributed by atoms with van der Waals surface area (Å²) in [7, 11) is -3.90. The predicted molar refractivity (Wildman–Crippen MR) is 112 cm³/mol. The summed E-state index contributed by atoms with van der Waals surface area (Å²) in [5.41, 5.74) is 0.493. The Morgan fingerprint density at radius 3 is 2.46 bits per heavy atom. The summed E-state index contributed by atoms with van der Waals surface area (Å²) in [5, 5.41) is 12.9. The zero-order chi connectivity index (χ0) is 20.9. The fourth-order valence-corrected chi connectivity index (χ4v) is 3.96. The zero-order valence-corrected chi connectivity index (χ0v) is 17.8. The maximum absolute atomic E-state index is 12.5. The highest BCUT2D eigenvalue weighted by Gasteiger charge is 2.17. The fraction of sp³-hybridized carbons (Fsp3) is 0.316. The first-order chi connectivity index (χ1) is 13.1. The molecule has 0 heterocycles. The summed E-state index contributed by atoms with van der Waals surface area (Å²) in [6, 6.07) is 10.0. The van der Waals surface area contributed by atoms with Gasteiger partial charge in [-0.05, 0) is 48.7 Å². The Balaban J connectivity index is 2.09. The summed E-state index contributed by atoms with van der Waals surface area (Å²) in [5.74, 6) is -0.0931. The van der Waals surface area contributed by atoms with E-state index in [4.69, 9.17) is 23.2 Å². The highest BCUT2D eigenvalue weighted by atomic mass is 35.5. The number of halogens is 2. The molecule has 2 rings (SSSR count). The monoisotopic (exact) mass is 444 g/mol. The molecule has 9 heteroatoms. The number of nitrogens with one attached hydrogen (secondary N) is 2. The number of amides is 1. The summed E-state index contributed by atoms with van der Waals surface area (Å²) in [6.45, 7) is 4.08. The molecule has 3 N–H and O–H groups in total. The standard InChI is InChI=1S/C19H22Cl2N2O4S/c1-12(2)8-15(24)11-22-19(25)13-4-3-5-14(9-13)23-28(26,27)16-6-7-17(20)18(21)10-16/h3-7,9-10,12,15,23-24H,8,11H2,1-2H3,(H,22,25)/t15-/m0/s1. The second kappa shape index (κ2) is 9.60. The van der Waals surface area contributed by atoms with Gasteiger partial charge >= 0.3 is 0 Å². The maximum Gasteiger partial charge on any atom is 0.261 e. The second-order valence-electron chi connectivity index (χ2n) is 6.76. The third-order valence-electron chi connectivity index (χ3n) is 3.82. The molecule has 2 aromatic rings. The average Bonchev–Trinajstić information content (AvgIpc) is 2.61. The van der Waals surface area contributed by atoms with Crippen LogP contribution >= 0.6 is 23.2 Å². The molecule has 0 aliphatic carbocycles. The molecular weight excluding hydrogens is 423 g/mol. The SMILES string of the molecule is CC(C)C[C@H](O)CNC(=O)c1cccc(NS(=O)(=O)c2ccc(Cl)c(Cl)c2)c1. The van der Waals surface area contributed by atoms with Crippen molar-refractivity contribution in [3.05, 3.63) is 58.1 Å². The normalized spacial score (nSPS) is 12.6. The molecule has 2 aromatic carbocycles. The molecule has 0 unspecified atom stereocenters. The van der Waals surface area contributed by atoms with Gasteiger partial charge in [-0.1, -0.05) is 43.1 Å². The topological polar surface area (TPSA) is 95.5 Å². The Labute approximate surface area is 174 Å². The summed E-state index contributed by atoms with van der Waals surface area (Å²) >= 11 is 11.7. The quantitative estimate of drug-likeness (QED) is 0.574. The molecule has 28 heavy (non-hydrogen) atoms.